The molecule has 0 bridgehead atoms. The first kappa shape index (κ1) is 14.0. The third-order valence-electron chi connectivity index (χ3n) is 5.38. The highest BCUT2D eigenvalue weighted by molar-refractivity contribution is 5.75. The zero-order chi connectivity index (χ0) is 15.9. The van der Waals surface area contributed by atoms with Gasteiger partial charge in [-0.25, -0.2) is 9.97 Å². The van der Waals surface area contributed by atoms with Crippen LogP contribution in [0, 0.1) is 0 Å². The molecule has 0 saturated carbocycles. The summed E-state index contributed by atoms with van der Waals surface area (Å²) in [5.74, 6) is 0.991. The molecule has 0 unspecified atom stereocenters. The average Bonchev–Trinajstić information content (AvgIpc) is 3.28. The molecule has 5 nitrogen and oxygen atoms in total. The zero-order valence-corrected chi connectivity index (χ0v) is 13.7. The number of aryl methyl sites for hydroxylation is 1. The highest BCUT2D eigenvalue weighted by Crippen LogP contribution is 2.30. The summed E-state index contributed by atoms with van der Waals surface area (Å²) in [6.45, 7) is 2.03. The van der Waals surface area contributed by atoms with Crippen LogP contribution in [0.4, 0.5) is 5.82 Å². The number of nitrogens with zero attached hydrogens (tertiary/aromatic N) is 5. The second kappa shape index (κ2) is 5.58. The molecule has 0 amide bonds. The summed E-state index contributed by atoms with van der Waals surface area (Å²) < 4.78 is 2.43. The number of benzene rings is 1. The summed E-state index contributed by atoms with van der Waals surface area (Å²) in [6, 6.07) is 8.57. The molecule has 0 radical (unpaired) electrons. The molecule has 2 aliphatic rings. The molecular weight excluding hydrogens is 298 g/mol. The van der Waals surface area contributed by atoms with E-state index in [1.165, 1.54) is 30.7 Å². The Kier molecular flexibility index (Phi) is 3.25. The SMILES string of the molecule is c1ccc2nc(N3CC[C@H](n4cnc5c4CCCC5)C3)cnc2c1. The molecule has 122 valence electrons. The van der Waals surface area contributed by atoms with Crippen molar-refractivity contribution in [2.45, 2.75) is 38.1 Å². The lowest BCUT2D eigenvalue weighted by Crippen LogP contribution is -2.22. The van der Waals surface area contributed by atoms with Crippen molar-refractivity contribution in [2.24, 2.45) is 0 Å². The Bertz CT molecular complexity index is 884. The van der Waals surface area contributed by atoms with Crippen LogP contribution in [-0.4, -0.2) is 32.6 Å². The number of hydrogen-bond donors (Lipinski definition) is 0. The van der Waals surface area contributed by atoms with Crippen molar-refractivity contribution in [1.82, 2.24) is 19.5 Å². The Morgan fingerprint density at radius 3 is 2.83 bits per heavy atom. The van der Waals surface area contributed by atoms with Crippen LogP contribution >= 0.6 is 0 Å². The number of rotatable bonds is 2. The molecule has 5 rings (SSSR count). The van der Waals surface area contributed by atoms with Gasteiger partial charge in [0.05, 0.1) is 35.3 Å². The summed E-state index contributed by atoms with van der Waals surface area (Å²) in [6.07, 6.45) is 10.0. The highest BCUT2D eigenvalue weighted by Gasteiger charge is 2.28. The average molecular weight is 319 g/mol. The van der Waals surface area contributed by atoms with Gasteiger partial charge in [0, 0.05) is 18.8 Å². The number of aromatic nitrogens is 4. The normalized spacial score (nSPS) is 20.5. The van der Waals surface area contributed by atoms with E-state index in [0.717, 1.165) is 42.8 Å². The van der Waals surface area contributed by atoms with Gasteiger partial charge in [0.15, 0.2) is 0 Å². The van der Waals surface area contributed by atoms with Crippen LogP contribution in [0.3, 0.4) is 0 Å². The fraction of sp³-hybridized carbons (Fsp3) is 0.421. The number of hydrogen-bond acceptors (Lipinski definition) is 4. The van der Waals surface area contributed by atoms with Gasteiger partial charge in [0.2, 0.25) is 0 Å². The maximum Gasteiger partial charge on any atom is 0.147 e. The lowest BCUT2D eigenvalue weighted by molar-refractivity contribution is 0.515. The van der Waals surface area contributed by atoms with Gasteiger partial charge in [-0.05, 0) is 44.2 Å². The van der Waals surface area contributed by atoms with Crippen molar-refractivity contribution in [3.8, 4) is 0 Å². The van der Waals surface area contributed by atoms with Crippen LogP contribution in [0.5, 0.6) is 0 Å². The van der Waals surface area contributed by atoms with Crippen LogP contribution in [0.1, 0.15) is 36.7 Å². The molecule has 24 heavy (non-hydrogen) atoms. The van der Waals surface area contributed by atoms with E-state index in [4.69, 9.17) is 4.98 Å². The van der Waals surface area contributed by atoms with E-state index in [0.29, 0.717) is 6.04 Å². The smallest absolute Gasteiger partial charge is 0.147 e. The van der Waals surface area contributed by atoms with E-state index in [1.807, 2.05) is 30.5 Å². The lowest BCUT2D eigenvalue weighted by atomic mass is 10.0. The van der Waals surface area contributed by atoms with Gasteiger partial charge in [-0.3, -0.25) is 4.98 Å². The molecule has 1 saturated heterocycles. The Morgan fingerprint density at radius 1 is 1.00 bits per heavy atom. The molecule has 1 atom stereocenters. The molecule has 3 aromatic rings. The van der Waals surface area contributed by atoms with Gasteiger partial charge in [-0.15, -0.1) is 0 Å². The molecule has 1 aliphatic carbocycles. The van der Waals surface area contributed by atoms with E-state index in [2.05, 4.69) is 25.8 Å². The van der Waals surface area contributed by atoms with Gasteiger partial charge >= 0.3 is 0 Å². The van der Waals surface area contributed by atoms with Crippen molar-refractivity contribution >= 4 is 16.9 Å². The minimum absolute atomic E-state index is 0.507. The van der Waals surface area contributed by atoms with E-state index in [1.54, 1.807) is 0 Å². The van der Waals surface area contributed by atoms with Crippen molar-refractivity contribution in [3.05, 3.63) is 48.2 Å². The maximum absolute atomic E-state index is 4.80. The summed E-state index contributed by atoms with van der Waals surface area (Å²) in [5, 5.41) is 0. The van der Waals surface area contributed by atoms with Crippen molar-refractivity contribution in [1.29, 1.82) is 0 Å². The molecular formula is C19H21N5. The van der Waals surface area contributed by atoms with Gasteiger partial charge in [0.25, 0.3) is 0 Å². The molecule has 2 aromatic heterocycles. The largest absolute Gasteiger partial charge is 0.353 e. The van der Waals surface area contributed by atoms with E-state index in [9.17, 15) is 0 Å². The van der Waals surface area contributed by atoms with Crippen LogP contribution in [-0.2, 0) is 12.8 Å². The first-order valence-corrected chi connectivity index (χ1v) is 8.90. The Balaban J connectivity index is 1.41. The van der Waals surface area contributed by atoms with E-state index in [-0.39, 0.29) is 0 Å². The molecule has 5 heteroatoms. The van der Waals surface area contributed by atoms with Crippen molar-refractivity contribution in [2.75, 3.05) is 18.0 Å². The van der Waals surface area contributed by atoms with E-state index < -0.39 is 0 Å². The molecule has 0 spiro atoms. The maximum atomic E-state index is 4.80. The number of fused-ring (bicyclic) bond motifs is 2. The first-order valence-electron chi connectivity index (χ1n) is 8.90. The predicted octanol–water partition coefficient (Wildman–Crippen LogP) is 3.16. The molecule has 1 aliphatic heterocycles. The van der Waals surface area contributed by atoms with Crippen LogP contribution < -0.4 is 4.90 Å². The van der Waals surface area contributed by atoms with Gasteiger partial charge in [-0.1, -0.05) is 12.1 Å². The Morgan fingerprint density at radius 2 is 1.88 bits per heavy atom. The lowest BCUT2D eigenvalue weighted by Gasteiger charge is -2.20. The second-order valence-corrected chi connectivity index (χ2v) is 6.86. The van der Waals surface area contributed by atoms with E-state index >= 15 is 0 Å². The minimum Gasteiger partial charge on any atom is -0.353 e. The number of imidazole rings is 1. The predicted molar refractivity (Wildman–Crippen MR) is 94.3 cm³/mol. The summed E-state index contributed by atoms with van der Waals surface area (Å²) in [7, 11) is 0. The Labute approximate surface area is 141 Å². The summed E-state index contributed by atoms with van der Waals surface area (Å²) in [4.78, 5) is 16.4. The third kappa shape index (κ3) is 2.27. The van der Waals surface area contributed by atoms with Crippen molar-refractivity contribution < 1.29 is 0 Å². The second-order valence-electron chi connectivity index (χ2n) is 6.86. The van der Waals surface area contributed by atoms with Crippen LogP contribution in [0.2, 0.25) is 0 Å². The van der Waals surface area contributed by atoms with Gasteiger partial charge < -0.3 is 9.47 Å². The molecule has 1 fully saturated rings. The minimum atomic E-state index is 0.507. The highest BCUT2D eigenvalue weighted by atomic mass is 15.3. The zero-order valence-electron chi connectivity index (χ0n) is 13.7. The van der Waals surface area contributed by atoms with Crippen molar-refractivity contribution in [3.63, 3.8) is 0 Å². The number of anilines is 1. The summed E-state index contributed by atoms with van der Waals surface area (Å²) in [5.41, 5.74) is 4.72. The standard InChI is InChI=1S/C19H21N5/c1-2-6-16-15(5-1)20-11-19(22-16)23-10-9-14(12-23)24-13-21-17-7-3-4-8-18(17)24/h1-2,5-6,11,13-14H,3-4,7-10,12H2/t14-/m0/s1. The summed E-state index contributed by atoms with van der Waals surface area (Å²) >= 11 is 0. The van der Waals surface area contributed by atoms with Gasteiger partial charge in [0.1, 0.15) is 5.82 Å². The number of para-hydroxylation sites is 2. The van der Waals surface area contributed by atoms with Crippen LogP contribution in [0.15, 0.2) is 36.8 Å². The third-order valence-corrected chi connectivity index (χ3v) is 5.38. The first-order chi connectivity index (χ1) is 11.9. The van der Waals surface area contributed by atoms with Crippen LogP contribution in [0.25, 0.3) is 11.0 Å². The fourth-order valence-electron chi connectivity index (χ4n) is 4.08. The molecule has 0 N–H and O–H groups in total. The fourth-order valence-corrected chi connectivity index (χ4v) is 4.08. The monoisotopic (exact) mass is 319 g/mol. The molecule has 1 aromatic carbocycles. The van der Waals surface area contributed by atoms with Gasteiger partial charge in [-0.2, -0.15) is 0 Å². The Hall–Kier alpha value is -2.43. The quantitative estimate of drug-likeness (QED) is 0.728. The molecule has 3 heterocycles. The topological polar surface area (TPSA) is 46.8 Å².